The van der Waals surface area contributed by atoms with Crippen molar-refractivity contribution >= 4 is 34.2 Å². The first kappa shape index (κ1) is 18.3. The van der Waals surface area contributed by atoms with Crippen LogP contribution in [0.1, 0.15) is 25.5 Å². The number of ether oxygens (including phenoxy) is 3. The monoisotopic (exact) mass is 407 g/mol. The van der Waals surface area contributed by atoms with Crippen molar-refractivity contribution in [3.05, 3.63) is 34.4 Å². The Morgan fingerprint density at radius 3 is 2.48 bits per heavy atom. The normalized spacial score (nSPS) is 17.3. The van der Waals surface area contributed by atoms with Crippen molar-refractivity contribution in [3.8, 4) is 22.8 Å². The summed E-state index contributed by atoms with van der Waals surface area (Å²) in [5.41, 5.74) is 1.91. The van der Waals surface area contributed by atoms with Gasteiger partial charge in [0.15, 0.2) is 11.9 Å². The zero-order valence-electron chi connectivity index (χ0n) is 15.0. The Balaban J connectivity index is 1.87. The van der Waals surface area contributed by atoms with E-state index in [1.807, 2.05) is 16.8 Å². The second kappa shape index (κ2) is 7.54. The first-order valence-corrected chi connectivity index (χ1v) is 9.46. The lowest BCUT2D eigenvalue weighted by Crippen LogP contribution is -2.19. The van der Waals surface area contributed by atoms with Gasteiger partial charge in [-0.05, 0) is 31.4 Å². The van der Waals surface area contributed by atoms with Crippen LogP contribution in [0.2, 0.25) is 10.0 Å². The summed E-state index contributed by atoms with van der Waals surface area (Å²) < 4.78 is 18.4. The van der Waals surface area contributed by atoms with Crippen LogP contribution in [0.4, 0.5) is 0 Å². The molecule has 6 nitrogen and oxygen atoms in total. The van der Waals surface area contributed by atoms with Crippen molar-refractivity contribution in [2.24, 2.45) is 0 Å². The number of nitrogens with zero attached hydrogens (tertiary/aromatic N) is 3. The van der Waals surface area contributed by atoms with E-state index in [2.05, 4.69) is 5.10 Å². The third-order valence-corrected chi connectivity index (χ3v) is 5.45. The third-order valence-electron chi connectivity index (χ3n) is 4.70. The minimum absolute atomic E-state index is 0.107. The second-order valence-corrected chi connectivity index (χ2v) is 7.06. The minimum atomic E-state index is -0.107. The molecule has 0 bridgehead atoms. The molecule has 0 N–H and O–H groups in total. The van der Waals surface area contributed by atoms with Gasteiger partial charge >= 0.3 is 0 Å². The highest BCUT2D eigenvalue weighted by molar-refractivity contribution is 6.41. The molecule has 1 atom stereocenters. The van der Waals surface area contributed by atoms with Gasteiger partial charge in [0, 0.05) is 23.6 Å². The van der Waals surface area contributed by atoms with Gasteiger partial charge in [0.25, 0.3) is 0 Å². The van der Waals surface area contributed by atoms with E-state index in [0.29, 0.717) is 32.8 Å². The minimum Gasteiger partial charge on any atom is -0.495 e. The van der Waals surface area contributed by atoms with Crippen molar-refractivity contribution in [1.82, 2.24) is 14.8 Å². The summed E-state index contributed by atoms with van der Waals surface area (Å²) in [4.78, 5) is 4.79. The summed E-state index contributed by atoms with van der Waals surface area (Å²) in [6, 6.07) is 5.47. The summed E-state index contributed by atoms with van der Waals surface area (Å²) in [5.74, 6) is 0.942. The van der Waals surface area contributed by atoms with Gasteiger partial charge in [-0.2, -0.15) is 5.10 Å². The van der Waals surface area contributed by atoms with Crippen LogP contribution in [0.3, 0.4) is 0 Å². The molecule has 1 aromatic carbocycles. The number of methoxy groups -OCH3 is 2. The Labute approximate surface area is 166 Å². The van der Waals surface area contributed by atoms with Gasteiger partial charge in [-0.1, -0.05) is 23.2 Å². The lowest BCUT2D eigenvalue weighted by Gasteiger charge is -2.23. The van der Waals surface area contributed by atoms with Gasteiger partial charge in [0.1, 0.15) is 11.5 Å². The van der Waals surface area contributed by atoms with E-state index in [-0.39, 0.29) is 6.23 Å². The SMILES string of the molecule is COc1cc(OC)c(Cl)c(-c2ccc3cnn(C4CCCCO4)c3n2)c1Cl. The van der Waals surface area contributed by atoms with E-state index in [1.54, 1.807) is 26.5 Å². The molecule has 0 aliphatic carbocycles. The molecule has 2 aromatic heterocycles. The maximum atomic E-state index is 6.54. The van der Waals surface area contributed by atoms with Gasteiger partial charge in [0.05, 0.1) is 36.2 Å². The standard InChI is InChI=1S/C19H19Cl2N3O3/c1-25-13-9-14(26-2)18(21)16(17(13)20)12-7-6-11-10-22-24(19(11)23-12)15-5-3-4-8-27-15/h6-7,9-10,15H,3-5,8H2,1-2H3. The summed E-state index contributed by atoms with van der Waals surface area (Å²) >= 11 is 13.1. The van der Waals surface area contributed by atoms with Crippen molar-refractivity contribution in [2.75, 3.05) is 20.8 Å². The molecule has 142 valence electrons. The van der Waals surface area contributed by atoms with E-state index >= 15 is 0 Å². The first-order chi connectivity index (χ1) is 13.1. The Hall–Kier alpha value is -2.02. The Morgan fingerprint density at radius 1 is 1.11 bits per heavy atom. The quantitative estimate of drug-likeness (QED) is 0.600. The lowest BCUT2D eigenvalue weighted by molar-refractivity contribution is -0.0370. The van der Waals surface area contributed by atoms with Gasteiger partial charge in [-0.15, -0.1) is 0 Å². The van der Waals surface area contributed by atoms with Crippen molar-refractivity contribution in [2.45, 2.75) is 25.5 Å². The zero-order valence-corrected chi connectivity index (χ0v) is 16.5. The van der Waals surface area contributed by atoms with Crippen LogP contribution in [-0.2, 0) is 4.74 Å². The van der Waals surface area contributed by atoms with Crippen LogP contribution < -0.4 is 9.47 Å². The molecule has 0 radical (unpaired) electrons. The number of aromatic nitrogens is 3. The van der Waals surface area contributed by atoms with E-state index in [4.69, 9.17) is 42.4 Å². The fourth-order valence-corrected chi connectivity index (χ4v) is 3.99. The molecular formula is C19H19Cl2N3O3. The molecular weight excluding hydrogens is 389 g/mol. The van der Waals surface area contributed by atoms with Gasteiger partial charge < -0.3 is 14.2 Å². The Morgan fingerprint density at radius 2 is 1.85 bits per heavy atom. The average molecular weight is 408 g/mol. The predicted octanol–water partition coefficient (Wildman–Crippen LogP) is 5.12. The number of hydrogen-bond acceptors (Lipinski definition) is 5. The van der Waals surface area contributed by atoms with Crippen LogP contribution in [0.25, 0.3) is 22.3 Å². The number of halogens is 2. The van der Waals surface area contributed by atoms with Crippen LogP contribution in [-0.4, -0.2) is 35.6 Å². The maximum Gasteiger partial charge on any atom is 0.161 e. The molecule has 0 amide bonds. The smallest absolute Gasteiger partial charge is 0.161 e. The van der Waals surface area contributed by atoms with Crippen molar-refractivity contribution in [3.63, 3.8) is 0 Å². The molecule has 3 heterocycles. The fourth-order valence-electron chi connectivity index (χ4n) is 3.30. The summed E-state index contributed by atoms with van der Waals surface area (Å²) in [6.45, 7) is 0.733. The van der Waals surface area contributed by atoms with Crippen LogP contribution >= 0.6 is 23.2 Å². The molecule has 1 unspecified atom stereocenters. The van der Waals surface area contributed by atoms with Crippen molar-refractivity contribution in [1.29, 1.82) is 0 Å². The predicted molar refractivity (Wildman–Crippen MR) is 105 cm³/mol. The number of rotatable bonds is 4. The molecule has 4 rings (SSSR count). The summed E-state index contributed by atoms with van der Waals surface area (Å²) in [6.07, 6.45) is 4.78. The molecule has 3 aromatic rings. The third kappa shape index (κ3) is 3.22. The molecule has 1 fully saturated rings. The van der Waals surface area contributed by atoms with Gasteiger partial charge in [0.2, 0.25) is 0 Å². The second-order valence-electron chi connectivity index (χ2n) is 6.30. The van der Waals surface area contributed by atoms with Gasteiger partial charge in [-0.3, -0.25) is 0 Å². The fraction of sp³-hybridized carbons (Fsp3) is 0.368. The number of fused-ring (bicyclic) bond motifs is 1. The van der Waals surface area contributed by atoms with Crippen LogP contribution in [0, 0.1) is 0 Å². The van der Waals surface area contributed by atoms with Crippen LogP contribution in [0.15, 0.2) is 24.4 Å². The summed E-state index contributed by atoms with van der Waals surface area (Å²) in [7, 11) is 3.09. The van der Waals surface area contributed by atoms with Crippen molar-refractivity contribution < 1.29 is 14.2 Å². The Kier molecular flexibility index (Phi) is 5.12. The molecule has 8 heteroatoms. The highest BCUT2D eigenvalue weighted by Gasteiger charge is 2.22. The number of benzene rings is 1. The Bertz CT molecular complexity index is 956. The largest absolute Gasteiger partial charge is 0.495 e. The summed E-state index contributed by atoms with van der Waals surface area (Å²) in [5, 5.41) is 6.17. The number of pyridine rings is 1. The molecule has 1 saturated heterocycles. The first-order valence-electron chi connectivity index (χ1n) is 8.70. The molecule has 1 aliphatic rings. The molecule has 1 aliphatic heterocycles. The van der Waals surface area contributed by atoms with Gasteiger partial charge in [-0.25, -0.2) is 9.67 Å². The maximum absolute atomic E-state index is 6.54. The topological polar surface area (TPSA) is 58.4 Å². The van der Waals surface area contributed by atoms with E-state index in [0.717, 1.165) is 36.9 Å². The van der Waals surface area contributed by atoms with E-state index in [1.165, 1.54) is 0 Å². The molecule has 0 saturated carbocycles. The highest BCUT2D eigenvalue weighted by atomic mass is 35.5. The lowest BCUT2D eigenvalue weighted by atomic mass is 10.1. The van der Waals surface area contributed by atoms with E-state index < -0.39 is 0 Å². The van der Waals surface area contributed by atoms with Crippen LogP contribution in [0.5, 0.6) is 11.5 Å². The van der Waals surface area contributed by atoms with E-state index in [9.17, 15) is 0 Å². The number of hydrogen-bond donors (Lipinski definition) is 0. The molecule has 27 heavy (non-hydrogen) atoms. The zero-order chi connectivity index (χ0) is 19.0. The molecule has 0 spiro atoms. The highest BCUT2D eigenvalue weighted by Crippen LogP contribution is 2.45. The average Bonchev–Trinajstić information content (AvgIpc) is 3.12.